The predicted octanol–water partition coefficient (Wildman–Crippen LogP) is 8.80. The molecule has 206 valence electrons. The molecule has 1 aliphatic heterocycles. The zero-order valence-corrected chi connectivity index (χ0v) is 24.8. The van der Waals surface area contributed by atoms with Crippen LogP contribution >= 0.6 is 11.6 Å². The van der Waals surface area contributed by atoms with Crippen LogP contribution in [0.25, 0.3) is 21.9 Å². The van der Waals surface area contributed by atoms with E-state index < -0.39 is 0 Å². The van der Waals surface area contributed by atoms with Gasteiger partial charge in [0.15, 0.2) is 0 Å². The minimum absolute atomic E-state index is 0.260. The Morgan fingerprint density at radius 3 is 2.64 bits per heavy atom. The Morgan fingerprint density at radius 2 is 1.92 bits per heavy atom. The highest BCUT2D eigenvalue weighted by Crippen LogP contribution is 2.42. The highest BCUT2D eigenvalue weighted by Gasteiger charge is 2.35. The van der Waals surface area contributed by atoms with Gasteiger partial charge in [0.1, 0.15) is 23.9 Å². The van der Waals surface area contributed by atoms with Gasteiger partial charge in [0.2, 0.25) is 0 Å². The van der Waals surface area contributed by atoms with E-state index in [1.54, 1.807) is 6.07 Å². The summed E-state index contributed by atoms with van der Waals surface area (Å²) >= 11 is 6.89. The fourth-order valence-corrected chi connectivity index (χ4v) is 6.17. The molecule has 4 rings (SSSR count). The standard InChI is InChI=1S/C34H40ClFNO2/c1-7-25(21-38)29(11-9-19-39-32-12-8-10-26-20-27(36)13-14-30(26)32)28-15-16-31(35)34(23(28)3)33-22(2)17-18-37(5,6)24(33)4/h8,10,12-16,20-21,24H,7,9,11,17-19H2,1-6H3/q+1/b29-25+. The molecule has 1 atom stereocenters. The van der Waals surface area contributed by atoms with Crippen molar-refractivity contribution in [1.82, 2.24) is 0 Å². The third kappa shape index (κ3) is 5.97. The van der Waals surface area contributed by atoms with E-state index in [1.165, 1.54) is 23.3 Å². The first-order valence-corrected chi connectivity index (χ1v) is 14.3. The molecule has 39 heavy (non-hydrogen) atoms. The number of aldehydes is 1. The number of rotatable bonds is 9. The molecule has 3 nitrogen and oxygen atoms in total. The number of allylic oxidation sites excluding steroid dienone is 2. The molecule has 0 spiro atoms. The number of nitrogens with zero attached hydrogens (tertiary/aromatic N) is 1. The molecule has 0 aromatic heterocycles. The lowest BCUT2D eigenvalue weighted by Crippen LogP contribution is -2.51. The molecule has 3 aromatic rings. The second-order valence-corrected chi connectivity index (χ2v) is 11.7. The third-order valence-electron chi connectivity index (χ3n) is 8.54. The topological polar surface area (TPSA) is 26.3 Å². The van der Waals surface area contributed by atoms with Crippen molar-refractivity contribution < 1.29 is 18.4 Å². The van der Waals surface area contributed by atoms with Crippen LogP contribution in [0.5, 0.6) is 5.75 Å². The fraction of sp³-hybridized carbons (Fsp3) is 0.382. The van der Waals surface area contributed by atoms with E-state index in [9.17, 15) is 9.18 Å². The first-order valence-electron chi connectivity index (χ1n) is 13.9. The summed E-state index contributed by atoms with van der Waals surface area (Å²) in [5.74, 6) is 0.479. The lowest BCUT2D eigenvalue weighted by Gasteiger charge is -2.42. The van der Waals surface area contributed by atoms with E-state index in [-0.39, 0.29) is 5.82 Å². The monoisotopic (exact) mass is 548 g/mol. The minimum Gasteiger partial charge on any atom is -0.493 e. The number of fused-ring (bicyclic) bond motifs is 1. The van der Waals surface area contributed by atoms with Gasteiger partial charge in [-0.15, -0.1) is 0 Å². The smallest absolute Gasteiger partial charge is 0.146 e. The molecular formula is C34H40ClFNO2+. The third-order valence-corrected chi connectivity index (χ3v) is 8.85. The molecule has 0 aliphatic carbocycles. The van der Waals surface area contributed by atoms with Gasteiger partial charge in [0.05, 0.1) is 27.2 Å². The lowest BCUT2D eigenvalue weighted by molar-refractivity contribution is -0.905. The van der Waals surface area contributed by atoms with E-state index in [0.29, 0.717) is 25.5 Å². The fourth-order valence-electron chi connectivity index (χ4n) is 5.87. The van der Waals surface area contributed by atoms with Crippen molar-refractivity contribution in [3.63, 3.8) is 0 Å². The number of hydrogen-bond donors (Lipinski definition) is 0. The molecule has 0 amide bonds. The number of ether oxygens (including phenoxy) is 1. The molecule has 5 heteroatoms. The molecular weight excluding hydrogens is 509 g/mol. The second-order valence-electron chi connectivity index (χ2n) is 11.3. The number of quaternary nitrogens is 1. The van der Waals surface area contributed by atoms with Crippen molar-refractivity contribution >= 4 is 39.8 Å². The summed E-state index contributed by atoms with van der Waals surface area (Å²) in [7, 11) is 4.56. The van der Waals surface area contributed by atoms with Gasteiger partial charge >= 0.3 is 0 Å². The maximum atomic E-state index is 13.7. The lowest BCUT2D eigenvalue weighted by atomic mass is 9.82. The van der Waals surface area contributed by atoms with E-state index in [0.717, 1.165) is 79.5 Å². The van der Waals surface area contributed by atoms with Gasteiger partial charge < -0.3 is 9.22 Å². The average molecular weight is 549 g/mol. The van der Waals surface area contributed by atoms with Gasteiger partial charge in [-0.1, -0.05) is 42.3 Å². The summed E-state index contributed by atoms with van der Waals surface area (Å²) in [5.41, 5.74) is 7.92. The van der Waals surface area contributed by atoms with Gasteiger partial charge in [0.25, 0.3) is 0 Å². The van der Waals surface area contributed by atoms with Crippen LogP contribution in [0, 0.1) is 12.7 Å². The molecule has 1 heterocycles. The predicted molar refractivity (Wildman–Crippen MR) is 162 cm³/mol. The van der Waals surface area contributed by atoms with Crippen LogP contribution < -0.4 is 4.74 Å². The van der Waals surface area contributed by atoms with Crippen molar-refractivity contribution in [3.8, 4) is 5.75 Å². The quantitative estimate of drug-likeness (QED) is 0.115. The van der Waals surface area contributed by atoms with Crippen LogP contribution in [0.15, 0.2) is 59.7 Å². The Balaban J connectivity index is 1.64. The second kappa shape index (κ2) is 12.1. The molecule has 3 aromatic carbocycles. The largest absolute Gasteiger partial charge is 0.493 e. The minimum atomic E-state index is -0.260. The normalized spacial score (nSPS) is 17.8. The van der Waals surface area contributed by atoms with Gasteiger partial charge in [-0.2, -0.15) is 0 Å². The van der Waals surface area contributed by atoms with Crippen molar-refractivity contribution in [2.24, 2.45) is 0 Å². The Labute approximate surface area is 237 Å². The van der Waals surface area contributed by atoms with Crippen molar-refractivity contribution in [2.75, 3.05) is 27.2 Å². The molecule has 0 saturated carbocycles. The summed E-state index contributed by atoms with van der Waals surface area (Å²) in [6, 6.07) is 14.8. The van der Waals surface area contributed by atoms with Crippen LogP contribution in [0.4, 0.5) is 4.39 Å². The van der Waals surface area contributed by atoms with E-state index in [1.807, 2.05) is 31.2 Å². The number of likely N-dealkylation sites (N-methyl/N-ethyl adjacent to an activating group) is 1. The Kier molecular flexibility index (Phi) is 8.98. The van der Waals surface area contributed by atoms with Crippen LogP contribution in [0.3, 0.4) is 0 Å². The highest BCUT2D eigenvalue weighted by atomic mass is 35.5. The molecule has 0 bridgehead atoms. The zero-order chi connectivity index (χ0) is 28.3. The van der Waals surface area contributed by atoms with E-state index in [4.69, 9.17) is 16.3 Å². The van der Waals surface area contributed by atoms with Crippen molar-refractivity contribution in [2.45, 2.75) is 59.4 Å². The molecule has 1 aliphatic rings. The highest BCUT2D eigenvalue weighted by molar-refractivity contribution is 6.32. The van der Waals surface area contributed by atoms with Crippen molar-refractivity contribution in [3.05, 3.63) is 87.2 Å². The first-order chi connectivity index (χ1) is 18.6. The SMILES string of the molecule is CC/C(C=O)=C(/CCCOc1cccc2cc(F)ccc12)c1ccc(Cl)c(C2=C(C)CC[N+](C)(C)C2C)c1C. The molecule has 0 saturated heterocycles. The van der Waals surface area contributed by atoms with Gasteiger partial charge in [-0.25, -0.2) is 4.39 Å². The van der Waals surface area contributed by atoms with Gasteiger partial charge in [-0.05, 0) is 98.0 Å². The number of halogens is 2. The van der Waals surface area contributed by atoms with E-state index in [2.05, 4.69) is 40.9 Å². The number of carbonyl (C=O) groups is 1. The molecule has 0 N–H and O–H groups in total. The van der Waals surface area contributed by atoms with Crippen LogP contribution in [0.2, 0.25) is 5.02 Å². The van der Waals surface area contributed by atoms with Crippen LogP contribution in [-0.4, -0.2) is 44.1 Å². The Hall–Kier alpha value is -2.95. The van der Waals surface area contributed by atoms with Crippen molar-refractivity contribution in [1.29, 1.82) is 0 Å². The Bertz CT molecular complexity index is 1450. The number of benzene rings is 3. The molecule has 0 fully saturated rings. The van der Waals surface area contributed by atoms with E-state index >= 15 is 0 Å². The number of carbonyl (C=O) groups excluding carboxylic acids is 1. The molecule has 0 radical (unpaired) electrons. The summed E-state index contributed by atoms with van der Waals surface area (Å²) in [6.07, 6.45) is 4.15. The maximum Gasteiger partial charge on any atom is 0.146 e. The zero-order valence-electron chi connectivity index (χ0n) is 24.0. The summed E-state index contributed by atoms with van der Waals surface area (Å²) < 4.78 is 20.7. The summed E-state index contributed by atoms with van der Waals surface area (Å²) in [4.78, 5) is 12.2. The first kappa shape index (κ1) is 29.0. The average Bonchev–Trinajstić information content (AvgIpc) is 2.90. The molecule has 1 unspecified atom stereocenters. The van der Waals surface area contributed by atoms with Gasteiger partial charge in [-0.3, -0.25) is 4.79 Å². The number of hydrogen-bond acceptors (Lipinski definition) is 2. The summed E-state index contributed by atoms with van der Waals surface area (Å²) in [5, 5.41) is 2.47. The maximum absolute atomic E-state index is 13.7. The Morgan fingerprint density at radius 1 is 1.15 bits per heavy atom. The van der Waals surface area contributed by atoms with Crippen LogP contribution in [0.1, 0.15) is 63.1 Å². The van der Waals surface area contributed by atoms with Gasteiger partial charge in [0, 0.05) is 28.0 Å². The van der Waals surface area contributed by atoms with Crippen LogP contribution in [-0.2, 0) is 4.79 Å². The summed E-state index contributed by atoms with van der Waals surface area (Å²) in [6.45, 7) is 10.3.